The molecule has 2 atom stereocenters. The molecule has 0 spiro atoms. The summed E-state index contributed by atoms with van der Waals surface area (Å²) >= 11 is 0. The Bertz CT molecular complexity index is 547. The zero-order valence-electron chi connectivity index (χ0n) is 13.3. The minimum atomic E-state index is -0.832. The van der Waals surface area contributed by atoms with Crippen molar-refractivity contribution in [2.75, 3.05) is 0 Å². The lowest BCUT2D eigenvalue weighted by Crippen LogP contribution is -2.68. The Labute approximate surface area is 124 Å². The van der Waals surface area contributed by atoms with Crippen LogP contribution in [-0.2, 0) is 16.1 Å². The molecule has 1 fully saturated rings. The minimum Gasteiger partial charge on any atom is -0.361 e. The molecule has 1 N–H and O–H groups in total. The molecule has 0 aliphatic carbocycles. The summed E-state index contributed by atoms with van der Waals surface area (Å²) in [6, 6.07) is -0.439. The van der Waals surface area contributed by atoms with Gasteiger partial charge in [0.05, 0.1) is 12.2 Å². The maximum Gasteiger partial charge on any atom is 0.249 e. The quantitative estimate of drug-likeness (QED) is 0.916. The van der Waals surface area contributed by atoms with Crippen molar-refractivity contribution in [3.8, 4) is 0 Å². The molecular formula is C15H23N3O3. The number of nitrogens with one attached hydrogen (secondary N) is 1. The van der Waals surface area contributed by atoms with E-state index in [2.05, 4.69) is 10.5 Å². The van der Waals surface area contributed by atoms with Gasteiger partial charge in [0.2, 0.25) is 11.8 Å². The zero-order valence-corrected chi connectivity index (χ0v) is 13.3. The SMILES string of the molecule is CCC1C(=O)NC(C)(CC)C(=O)N1Cc1c(C)noc1C. The summed E-state index contributed by atoms with van der Waals surface area (Å²) in [5.74, 6) is 0.559. The molecule has 2 unspecified atom stereocenters. The standard InChI is InChI=1S/C15H23N3O3/c1-6-12-13(19)16-15(5,7-2)14(20)18(12)8-11-9(3)17-21-10(11)4/h12H,6-8H2,1-5H3,(H,16,19). The van der Waals surface area contributed by atoms with Crippen LogP contribution < -0.4 is 5.32 Å². The molecule has 2 heterocycles. The Morgan fingerprint density at radius 3 is 2.48 bits per heavy atom. The Morgan fingerprint density at radius 1 is 1.33 bits per heavy atom. The molecule has 0 saturated carbocycles. The lowest BCUT2D eigenvalue weighted by molar-refractivity contribution is -0.155. The van der Waals surface area contributed by atoms with Gasteiger partial charge >= 0.3 is 0 Å². The summed E-state index contributed by atoms with van der Waals surface area (Å²) in [6.07, 6.45) is 1.15. The van der Waals surface area contributed by atoms with Gasteiger partial charge in [0.15, 0.2) is 0 Å². The first-order chi connectivity index (χ1) is 9.84. The topological polar surface area (TPSA) is 75.4 Å². The van der Waals surface area contributed by atoms with Crippen molar-refractivity contribution in [3.63, 3.8) is 0 Å². The van der Waals surface area contributed by atoms with Gasteiger partial charge in [0.1, 0.15) is 17.3 Å². The fourth-order valence-corrected chi connectivity index (χ4v) is 2.73. The largest absolute Gasteiger partial charge is 0.361 e. The second-order valence-electron chi connectivity index (χ2n) is 5.83. The molecular weight excluding hydrogens is 270 g/mol. The van der Waals surface area contributed by atoms with E-state index >= 15 is 0 Å². The summed E-state index contributed by atoms with van der Waals surface area (Å²) in [7, 11) is 0. The Hall–Kier alpha value is -1.85. The predicted molar refractivity (Wildman–Crippen MR) is 77.4 cm³/mol. The summed E-state index contributed by atoms with van der Waals surface area (Å²) in [4.78, 5) is 26.8. The maximum absolute atomic E-state index is 12.8. The van der Waals surface area contributed by atoms with E-state index in [0.717, 1.165) is 11.3 Å². The highest BCUT2D eigenvalue weighted by atomic mass is 16.5. The van der Waals surface area contributed by atoms with E-state index in [1.165, 1.54) is 0 Å². The van der Waals surface area contributed by atoms with Crippen LogP contribution in [0.4, 0.5) is 0 Å². The Kier molecular flexibility index (Phi) is 4.07. The Morgan fingerprint density at radius 2 is 2.00 bits per heavy atom. The van der Waals surface area contributed by atoms with Crippen LogP contribution in [0, 0.1) is 13.8 Å². The molecule has 1 aromatic rings. The van der Waals surface area contributed by atoms with E-state index in [4.69, 9.17) is 4.52 Å². The van der Waals surface area contributed by atoms with Gasteiger partial charge in [-0.1, -0.05) is 19.0 Å². The van der Waals surface area contributed by atoms with Gasteiger partial charge in [-0.2, -0.15) is 0 Å². The normalized spacial score (nSPS) is 26.1. The van der Waals surface area contributed by atoms with Crippen LogP contribution in [-0.4, -0.2) is 33.5 Å². The molecule has 2 amide bonds. The van der Waals surface area contributed by atoms with Crippen molar-refractivity contribution in [2.24, 2.45) is 0 Å². The monoisotopic (exact) mass is 293 g/mol. The third-order valence-electron chi connectivity index (χ3n) is 4.41. The molecule has 0 aromatic carbocycles. The van der Waals surface area contributed by atoms with Crippen molar-refractivity contribution in [1.29, 1.82) is 0 Å². The Balaban J connectivity index is 2.37. The van der Waals surface area contributed by atoms with Gasteiger partial charge in [-0.05, 0) is 33.6 Å². The zero-order chi connectivity index (χ0) is 15.8. The molecule has 116 valence electrons. The number of carbonyl (C=O) groups is 2. The summed E-state index contributed by atoms with van der Waals surface area (Å²) in [5.41, 5.74) is 0.816. The van der Waals surface area contributed by atoms with Crippen LogP contribution in [0.1, 0.15) is 50.6 Å². The minimum absolute atomic E-state index is 0.0450. The predicted octanol–water partition coefficient (Wildman–Crippen LogP) is 1.70. The lowest BCUT2D eigenvalue weighted by Gasteiger charge is -2.44. The molecule has 1 aliphatic rings. The number of aromatic nitrogens is 1. The smallest absolute Gasteiger partial charge is 0.249 e. The second-order valence-corrected chi connectivity index (χ2v) is 5.83. The number of hydrogen-bond acceptors (Lipinski definition) is 4. The lowest BCUT2D eigenvalue weighted by atomic mass is 9.90. The van der Waals surface area contributed by atoms with Crippen molar-refractivity contribution >= 4 is 11.8 Å². The highest BCUT2D eigenvalue weighted by Gasteiger charge is 2.46. The molecule has 6 heteroatoms. The van der Waals surface area contributed by atoms with Crippen LogP contribution in [0.3, 0.4) is 0 Å². The van der Waals surface area contributed by atoms with E-state index in [0.29, 0.717) is 25.1 Å². The van der Waals surface area contributed by atoms with Crippen molar-refractivity contribution < 1.29 is 14.1 Å². The average Bonchev–Trinajstić information content (AvgIpc) is 2.76. The van der Waals surface area contributed by atoms with Gasteiger partial charge in [0, 0.05) is 5.56 Å². The third-order valence-corrected chi connectivity index (χ3v) is 4.41. The van der Waals surface area contributed by atoms with Gasteiger partial charge < -0.3 is 14.7 Å². The summed E-state index contributed by atoms with van der Waals surface area (Å²) in [5, 5.41) is 6.78. The first-order valence-electron chi connectivity index (χ1n) is 7.38. The molecule has 0 radical (unpaired) electrons. The van der Waals surface area contributed by atoms with Gasteiger partial charge in [-0.25, -0.2) is 0 Å². The van der Waals surface area contributed by atoms with E-state index in [1.54, 1.807) is 11.8 Å². The first kappa shape index (κ1) is 15.5. The summed E-state index contributed by atoms with van der Waals surface area (Å²) in [6.45, 7) is 9.62. The van der Waals surface area contributed by atoms with E-state index in [1.807, 2.05) is 27.7 Å². The summed E-state index contributed by atoms with van der Waals surface area (Å²) < 4.78 is 5.16. The molecule has 1 saturated heterocycles. The fourth-order valence-electron chi connectivity index (χ4n) is 2.73. The van der Waals surface area contributed by atoms with Crippen molar-refractivity contribution in [3.05, 3.63) is 17.0 Å². The van der Waals surface area contributed by atoms with Crippen molar-refractivity contribution in [1.82, 2.24) is 15.4 Å². The van der Waals surface area contributed by atoms with Gasteiger partial charge in [-0.15, -0.1) is 0 Å². The number of hydrogen-bond donors (Lipinski definition) is 1. The molecule has 1 aromatic heterocycles. The number of carbonyl (C=O) groups excluding carboxylic acids is 2. The molecule has 21 heavy (non-hydrogen) atoms. The van der Waals surface area contributed by atoms with Gasteiger partial charge in [0.25, 0.3) is 0 Å². The number of nitrogens with zero attached hydrogens (tertiary/aromatic N) is 2. The van der Waals surface area contributed by atoms with Gasteiger partial charge in [-0.3, -0.25) is 9.59 Å². The second kappa shape index (κ2) is 5.50. The number of aryl methyl sites for hydroxylation is 2. The fraction of sp³-hybridized carbons (Fsp3) is 0.667. The van der Waals surface area contributed by atoms with Crippen molar-refractivity contribution in [2.45, 2.75) is 65.6 Å². The van der Waals surface area contributed by atoms with Crippen LogP contribution in [0.2, 0.25) is 0 Å². The van der Waals surface area contributed by atoms with Crippen LogP contribution in [0.15, 0.2) is 4.52 Å². The maximum atomic E-state index is 12.8. The van der Waals surface area contributed by atoms with Crippen LogP contribution in [0.5, 0.6) is 0 Å². The van der Waals surface area contributed by atoms with E-state index in [9.17, 15) is 9.59 Å². The number of amides is 2. The highest BCUT2D eigenvalue weighted by Crippen LogP contribution is 2.26. The number of piperazine rings is 1. The highest BCUT2D eigenvalue weighted by molar-refractivity contribution is 5.99. The molecule has 1 aliphatic heterocycles. The van der Waals surface area contributed by atoms with E-state index in [-0.39, 0.29) is 11.8 Å². The van der Waals surface area contributed by atoms with Crippen LogP contribution in [0.25, 0.3) is 0 Å². The average molecular weight is 293 g/mol. The number of rotatable bonds is 4. The molecule has 2 rings (SSSR count). The third kappa shape index (κ3) is 2.54. The first-order valence-corrected chi connectivity index (χ1v) is 7.38. The molecule has 0 bridgehead atoms. The van der Waals surface area contributed by atoms with E-state index < -0.39 is 11.6 Å². The van der Waals surface area contributed by atoms with Crippen LogP contribution >= 0.6 is 0 Å². The molecule has 6 nitrogen and oxygen atoms in total.